The lowest BCUT2D eigenvalue weighted by Gasteiger charge is -2.20. The van der Waals surface area contributed by atoms with Crippen molar-refractivity contribution in [2.24, 2.45) is 10.7 Å². The van der Waals surface area contributed by atoms with Crippen LogP contribution in [0.5, 0.6) is 0 Å². The Balaban J connectivity index is 0.00000144. The van der Waals surface area contributed by atoms with Crippen LogP contribution in [0.3, 0.4) is 0 Å². The van der Waals surface area contributed by atoms with Gasteiger partial charge in [-0.15, -0.1) is 24.0 Å². The molecule has 1 aliphatic rings. The second-order valence-corrected chi connectivity index (χ2v) is 4.16. The minimum absolute atomic E-state index is 0. The van der Waals surface area contributed by atoms with Crippen molar-refractivity contribution < 1.29 is 0 Å². The summed E-state index contributed by atoms with van der Waals surface area (Å²) in [6, 6.07) is 1.92. The van der Waals surface area contributed by atoms with Gasteiger partial charge in [0.1, 0.15) is 0 Å². The number of H-pyrrole nitrogens is 1. The van der Waals surface area contributed by atoms with E-state index in [9.17, 15) is 0 Å². The summed E-state index contributed by atoms with van der Waals surface area (Å²) in [7, 11) is 0. The number of aromatic nitrogens is 2. The Morgan fingerprint density at radius 2 is 2.06 bits per heavy atom. The van der Waals surface area contributed by atoms with Gasteiger partial charge in [-0.25, -0.2) is 4.99 Å². The molecule has 2 heterocycles. The zero-order chi connectivity index (χ0) is 11.2. The molecule has 1 fully saturated rings. The maximum absolute atomic E-state index is 5.98. The maximum atomic E-state index is 5.98. The maximum Gasteiger partial charge on any atom is 0.191 e. The van der Waals surface area contributed by atoms with E-state index >= 15 is 0 Å². The van der Waals surface area contributed by atoms with E-state index in [-0.39, 0.29) is 24.0 Å². The minimum atomic E-state index is 0. The predicted octanol–water partition coefficient (Wildman–Crippen LogP) is 1.72. The fraction of sp³-hybridized carbons (Fsp3) is 0.636. The van der Waals surface area contributed by atoms with Crippen molar-refractivity contribution in [2.45, 2.75) is 32.2 Å². The summed E-state index contributed by atoms with van der Waals surface area (Å²) in [4.78, 5) is 6.56. The third-order valence-corrected chi connectivity index (χ3v) is 2.90. The van der Waals surface area contributed by atoms with E-state index in [0.717, 1.165) is 18.8 Å². The summed E-state index contributed by atoms with van der Waals surface area (Å²) >= 11 is 0. The number of guanidine groups is 1. The number of likely N-dealkylation sites (tertiary alicyclic amines) is 1. The van der Waals surface area contributed by atoms with Crippen LogP contribution in [0.4, 0.5) is 0 Å². The van der Waals surface area contributed by atoms with E-state index in [1.54, 1.807) is 6.20 Å². The summed E-state index contributed by atoms with van der Waals surface area (Å²) in [5.74, 6) is 0.663. The predicted molar refractivity (Wildman–Crippen MR) is 79.4 cm³/mol. The summed E-state index contributed by atoms with van der Waals surface area (Å²) in [5.41, 5.74) is 6.97. The molecule has 0 spiro atoms. The number of aliphatic imine (C=N–C) groups is 1. The third kappa shape index (κ3) is 4.53. The topological polar surface area (TPSA) is 70.3 Å². The molecule has 0 bridgehead atoms. The second kappa shape index (κ2) is 7.52. The molecule has 0 aliphatic carbocycles. The molecular formula is C11H20IN5. The molecule has 96 valence electrons. The van der Waals surface area contributed by atoms with Crippen molar-refractivity contribution in [1.29, 1.82) is 0 Å². The molecule has 1 saturated heterocycles. The molecule has 1 aliphatic heterocycles. The standard InChI is InChI=1S/C11H19N5.HI/c12-11(13-9-10-5-6-14-15-10)16-7-3-1-2-4-8-16;/h5-6H,1-4,7-9H2,(H2,12,13)(H,14,15);1H. The Kier molecular flexibility index (Phi) is 6.31. The molecule has 0 unspecified atom stereocenters. The minimum Gasteiger partial charge on any atom is -0.370 e. The van der Waals surface area contributed by atoms with Gasteiger partial charge in [0, 0.05) is 19.3 Å². The molecule has 0 aromatic carbocycles. The van der Waals surface area contributed by atoms with Gasteiger partial charge in [0.05, 0.1) is 12.2 Å². The van der Waals surface area contributed by atoms with Crippen LogP contribution in [0.15, 0.2) is 17.3 Å². The first-order chi connectivity index (χ1) is 7.86. The van der Waals surface area contributed by atoms with Crippen molar-refractivity contribution in [3.63, 3.8) is 0 Å². The lowest BCUT2D eigenvalue weighted by molar-refractivity contribution is 0.428. The van der Waals surface area contributed by atoms with Crippen LogP contribution in [0.2, 0.25) is 0 Å². The average Bonchev–Trinajstić information content (AvgIpc) is 2.66. The van der Waals surface area contributed by atoms with Gasteiger partial charge in [0.15, 0.2) is 5.96 Å². The SMILES string of the molecule is I.NC(=NCc1ccn[nH]1)N1CCCCCC1. The fourth-order valence-electron chi connectivity index (χ4n) is 1.94. The lowest BCUT2D eigenvalue weighted by Crippen LogP contribution is -2.38. The number of nitrogens with two attached hydrogens (primary N) is 1. The van der Waals surface area contributed by atoms with Crippen LogP contribution in [-0.2, 0) is 6.54 Å². The second-order valence-electron chi connectivity index (χ2n) is 4.16. The van der Waals surface area contributed by atoms with Crippen molar-refractivity contribution in [3.05, 3.63) is 18.0 Å². The van der Waals surface area contributed by atoms with Crippen LogP contribution in [-0.4, -0.2) is 34.1 Å². The van der Waals surface area contributed by atoms with E-state index in [1.165, 1.54) is 25.7 Å². The zero-order valence-electron chi connectivity index (χ0n) is 9.93. The van der Waals surface area contributed by atoms with E-state index in [1.807, 2.05) is 6.07 Å². The largest absolute Gasteiger partial charge is 0.370 e. The Morgan fingerprint density at radius 3 is 2.65 bits per heavy atom. The summed E-state index contributed by atoms with van der Waals surface area (Å²) < 4.78 is 0. The Labute approximate surface area is 119 Å². The monoisotopic (exact) mass is 349 g/mol. The average molecular weight is 349 g/mol. The third-order valence-electron chi connectivity index (χ3n) is 2.90. The quantitative estimate of drug-likeness (QED) is 0.485. The fourth-order valence-corrected chi connectivity index (χ4v) is 1.94. The normalized spacial score (nSPS) is 17.4. The van der Waals surface area contributed by atoms with Crippen LogP contribution in [0.25, 0.3) is 0 Å². The number of hydrogen-bond donors (Lipinski definition) is 2. The van der Waals surface area contributed by atoms with Gasteiger partial charge in [-0.3, -0.25) is 5.10 Å². The first-order valence-electron chi connectivity index (χ1n) is 5.89. The molecule has 0 atom stereocenters. The van der Waals surface area contributed by atoms with Gasteiger partial charge in [0.25, 0.3) is 0 Å². The molecule has 17 heavy (non-hydrogen) atoms. The highest BCUT2D eigenvalue weighted by atomic mass is 127. The molecule has 5 nitrogen and oxygen atoms in total. The van der Waals surface area contributed by atoms with Crippen molar-refractivity contribution in [2.75, 3.05) is 13.1 Å². The lowest BCUT2D eigenvalue weighted by atomic mass is 10.2. The molecule has 1 aromatic heterocycles. The Morgan fingerprint density at radius 1 is 1.35 bits per heavy atom. The van der Waals surface area contributed by atoms with E-state index in [0.29, 0.717) is 12.5 Å². The van der Waals surface area contributed by atoms with Crippen LogP contribution in [0, 0.1) is 0 Å². The van der Waals surface area contributed by atoms with Gasteiger partial charge in [-0.05, 0) is 18.9 Å². The van der Waals surface area contributed by atoms with E-state index in [4.69, 9.17) is 5.73 Å². The summed E-state index contributed by atoms with van der Waals surface area (Å²) in [6.45, 7) is 2.67. The molecule has 0 amide bonds. The molecule has 2 rings (SSSR count). The number of hydrogen-bond acceptors (Lipinski definition) is 2. The molecule has 0 saturated carbocycles. The number of nitrogens with zero attached hydrogens (tertiary/aromatic N) is 3. The first-order valence-corrected chi connectivity index (χ1v) is 5.89. The molecule has 6 heteroatoms. The van der Waals surface area contributed by atoms with Crippen molar-refractivity contribution in [1.82, 2.24) is 15.1 Å². The van der Waals surface area contributed by atoms with Gasteiger partial charge < -0.3 is 10.6 Å². The van der Waals surface area contributed by atoms with Crippen LogP contribution < -0.4 is 5.73 Å². The molecule has 1 aromatic rings. The van der Waals surface area contributed by atoms with Crippen molar-refractivity contribution in [3.8, 4) is 0 Å². The smallest absolute Gasteiger partial charge is 0.191 e. The highest BCUT2D eigenvalue weighted by molar-refractivity contribution is 14.0. The molecule has 0 radical (unpaired) electrons. The molecule has 3 N–H and O–H groups in total. The number of halogens is 1. The highest BCUT2D eigenvalue weighted by Gasteiger charge is 2.10. The number of aromatic amines is 1. The molecular weight excluding hydrogens is 329 g/mol. The first kappa shape index (κ1) is 14.3. The Bertz CT molecular complexity index is 328. The highest BCUT2D eigenvalue weighted by Crippen LogP contribution is 2.09. The number of nitrogens with one attached hydrogen (secondary N) is 1. The van der Waals surface area contributed by atoms with Crippen molar-refractivity contribution >= 4 is 29.9 Å². The summed E-state index contributed by atoms with van der Waals surface area (Å²) in [6.07, 6.45) is 6.79. The van der Waals surface area contributed by atoms with E-state index < -0.39 is 0 Å². The number of rotatable bonds is 2. The Hall–Kier alpha value is -0.790. The zero-order valence-corrected chi connectivity index (χ0v) is 12.3. The van der Waals surface area contributed by atoms with Gasteiger partial charge in [-0.1, -0.05) is 12.8 Å². The van der Waals surface area contributed by atoms with Gasteiger partial charge >= 0.3 is 0 Å². The van der Waals surface area contributed by atoms with Gasteiger partial charge in [0.2, 0.25) is 0 Å². The van der Waals surface area contributed by atoms with Crippen LogP contribution >= 0.6 is 24.0 Å². The van der Waals surface area contributed by atoms with E-state index in [2.05, 4.69) is 20.1 Å². The van der Waals surface area contributed by atoms with Gasteiger partial charge in [-0.2, -0.15) is 5.10 Å². The summed E-state index contributed by atoms with van der Waals surface area (Å²) in [5, 5.41) is 6.76. The van der Waals surface area contributed by atoms with Crippen LogP contribution in [0.1, 0.15) is 31.4 Å².